The van der Waals surface area contributed by atoms with Gasteiger partial charge in [-0.25, -0.2) is 9.78 Å². The van der Waals surface area contributed by atoms with E-state index in [-0.39, 0.29) is 24.6 Å². The normalized spacial score (nSPS) is 10.8. The highest BCUT2D eigenvalue weighted by molar-refractivity contribution is 7.20. The third-order valence-corrected chi connectivity index (χ3v) is 6.15. The summed E-state index contributed by atoms with van der Waals surface area (Å²) >= 11 is 1.12. The molecule has 0 fully saturated rings. The summed E-state index contributed by atoms with van der Waals surface area (Å²) in [4.78, 5) is 42.6. The molecule has 0 saturated heterocycles. The largest absolute Gasteiger partial charge is 0.462 e. The summed E-state index contributed by atoms with van der Waals surface area (Å²) < 4.78 is 6.29. The molecule has 1 amide bonds. The molecule has 0 saturated carbocycles. The summed E-state index contributed by atoms with van der Waals surface area (Å²) in [6, 6.07) is 17.4. The van der Waals surface area contributed by atoms with Crippen LogP contribution in [0.2, 0.25) is 0 Å². The minimum atomic E-state index is -0.476. The predicted molar refractivity (Wildman–Crippen MR) is 125 cm³/mol. The number of aryl methyl sites for hydroxylation is 1. The number of carbonyl (C=O) groups excluding carboxylic acids is 2. The third-order valence-electron chi connectivity index (χ3n) is 4.97. The van der Waals surface area contributed by atoms with Crippen LogP contribution < -0.4 is 10.9 Å². The molecule has 0 radical (unpaired) electrons. The lowest BCUT2D eigenvalue weighted by Crippen LogP contribution is -2.27. The summed E-state index contributed by atoms with van der Waals surface area (Å²) in [5.41, 5.74) is 2.92. The van der Waals surface area contributed by atoms with Crippen molar-refractivity contribution in [1.29, 1.82) is 0 Å². The van der Waals surface area contributed by atoms with Gasteiger partial charge in [0, 0.05) is 5.69 Å². The molecule has 7 nitrogen and oxygen atoms in total. The smallest absolute Gasteiger partial charge is 0.348 e. The van der Waals surface area contributed by atoms with Crippen LogP contribution in [0.3, 0.4) is 0 Å². The number of hydrogen-bond acceptors (Lipinski definition) is 6. The Balaban J connectivity index is 1.51. The van der Waals surface area contributed by atoms with Gasteiger partial charge in [0.15, 0.2) is 0 Å². The molecule has 4 rings (SSSR count). The van der Waals surface area contributed by atoms with Gasteiger partial charge in [-0.2, -0.15) is 0 Å². The van der Waals surface area contributed by atoms with E-state index in [0.717, 1.165) is 22.5 Å². The highest BCUT2D eigenvalue weighted by atomic mass is 32.1. The fraction of sp³-hybridized carbons (Fsp3) is 0.167. The van der Waals surface area contributed by atoms with E-state index < -0.39 is 5.97 Å². The topological polar surface area (TPSA) is 90.3 Å². The molecule has 0 aliphatic carbocycles. The van der Waals surface area contributed by atoms with Crippen molar-refractivity contribution in [3.63, 3.8) is 0 Å². The molecule has 2 aromatic heterocycles. The first-order valence-corrected chi connectivity index (χ1v) is 10.9. The molecular formula is C24H21N3O4S. The van der Waals surface area contributed by atoms with Crippen molar-refractivity contribution in [3.8, 4) is 11.1 Å². The van der Waals surface area contributed by atoms with E-state index in [1.165, 1.54) is 10.9 Å². The summed E-state index contributed by atoms with van der Waals surface area (Å²) in [7, 11) is 0. The van der Waals surface area contributed by atoms with E-state index >= 15 is 0 Å². The van der Waals surface area contributed by atoms with E-state index in [1.807, 2.05) is 54.6 Å². The molecule has 0 bridgehead atoms. The number of benzene rings is 2. The average Bonchev–Trinajstić information content (AvgIpc) is 3.14. The van der Waals surface area contributed by atoms with E-state index in [0.29, 0.717) is 26.3 Å². The van der Waals surface area contributed by atoms with Crippen LogP contribution in [-0.4, -0.2) is 28.0 Å². The lowest BCUT2D eigenvalue weighted by Gasteiger charge is -2.08. The molecule has 1 N–H and O–H groups in total. The quantitative estimate of drug-likeness (QED) is 0.446. The first-order chi connectivity index (χ1) is 15.5. The van der Waals surface area contributed by atoms with Crippen molar-refractivity contribution >= 4 is 39.1 Å². The number of esters is 1. The number of rotatable bonds is 6. The van der Waals surface area contributed by atoms with Gasteiger partial charge >= 0.3 is 5.97 Å². The van der Waals surface area contributed by atoms with Crippen molar-refractivity contribution in [3.05, 3.63) is 81.7 Å². The molecule has 162 valence electrons. The number of nitrogens with one attached hydrogen (secondary N) is 1. The van der Waals surface area contributed by atoms with Crippen molar-refractivity contribution in [1.82, 2.24) is 9.55 Å². The number of nitrogens with zero attached hydrogens (tertiary/aromatic N) is 2. The zero-order valence-electron chi connectivity index (χ0n) is 17.6. The summed E-state index contributed by atoms with van der Waals surface area (Å²) in [5.74, 6) is -0.824. The molecule has 0 aliphatic rings. The van der Waals surface area contributed by atoms with E-state index in [9.17, 15) is 14.4 Å². The molecule has 8 heteroatoms. The van der Waals surface area contributed by atoms with Gasteiger partial charge in [0.2, 0.25) is 5.91 Å². The van der Waals surface area contributed by atoms with Crippen molar-refractivity contribution in [2.75, 3.05) is 11.9 Å². The van der Waals surface area contributed by atoms with E-state index in [4.69, 9.17) is 4.74 Å². The van der Waals surface area contributed by atoms with Gasteiger partial charge in [-0.05, 0) is 42.7 Å². The lowest BCUT2D eigenvalue weighted by atomic mass is 10.1. The number of fused-ring (bicyclic) bond motifs is 1. The number of ether oxygens (including phenoxy) is 1. The van der Waals surface area contributed by atoms with Crippen molar-refractivity contribution in [2.24, 2.45) is 0 Å². The Morgan fingerprint density at radius 1 is 1.06 bits per heavy atom. The first kappa shape index (κ1) is 21.5. The zero-order chi connectivity index (χ0) is 22.7. The van der Waals surface area contributed by atoms with Gasteiger partial charge in [0.1, 0.15) is 16.3 Å². The number of thiophene rings is 1. The molecular weight excluding hydrogens is 426 g/mol. The van der Waals surface area contributed by atoms with Crippen LogP contribution in [0.15, 0.2) is 65.7 Å². The standard InChI is InChI=1S/C24H21N3O4S/c1-3-31-24(30)21-15(2)20-22(32-21)25-14-27(23(20)29)13-19(28)26-18-11-9-17(10-12-18)16-7-5-4-6-8-16/h4-12,14H,3,13H2,1-2H3,(H,26,28). The number of carbonyl (C=O) groups is 2. The second-order valence-electron chi connectivity index (χ2n) is 7.13. The van der Waals surface area contributed by atoms with Gasteiger partial charge in [0.25, 0.3) is 5.56 Å². The Hall–Kier alpha value is -3.78. The number of amides is 1. The highest BCUT2D eigenvalue weighted by Gasteiger charge is 2.20. The van der Waals surface area contributed by atoms with Crippen LogP contribution in [0.5, 0.6) is 0 Å². The summed E-state index contributed by atoms with van der Waals surface area (Å²) in [5, 5.41) is 3.14. The Bertz CT molecular complexity index is 1340. The Morgan fingerprint density at radius 2 is 1.75 bits per heavy atom. The summed E-state index contributed by atoms with van der Waals surface area (Å²) in [6.07, 6.45) is 1.33. The molecule has 0 atom stereocenters. The monoisotopic (exact) mass is 447 g/mol. The Kier molecular flexibility index (Phi) is 6.13. The fourth-order valence-corrected chi connectivity index (χ4v) is 4.43. The van der Waals surface area contributed by atoms with Crippen LogP contribution in [0.4, 0.5) is 5.69 Å². The first-order valence-electron chi connectivity index (χ1n) is 10.1. The second kappa shape index (κ2) is 9.15. The van der Waals surface area contributed by atoms with E-state index in [1.54, 1.807) is 13.8 Å². The molecule has 0 spiro atoms. The van der Waals surface area contributed by atoms with Crippen LogP contribution >= 0.6 is 11.3 Å². The minimum Gasteiger partial charge on any atom is -0.462 e. The average molecular weight is 448 g/mol. The van der Waals surface area contributed by atoms with Gasteiger partial charge in [-0.15, -0.1) is 11.3 Å². The van der Waals surface area contributed by atoms with Crippen molar-refractivity contribution < 1.29 is 14.3 Å². The Morgan fingerprint density at radius 3 is 2.44 bits per heavy atom. The fourth-order valence-electron chi connectivity index (χ4n) is 3.40. The SMILES string of the molecule is CCOC(=O)c1sc2ncn(CC(=O)Nc3ccc(-c4ccccc4)cc3)c(=O)c2c1C. The third kappa shape index (κ3) is 4.31. The number of hydrogen-bond donors (Lipinski definition) is 1. The molecule has 2 heterocycles. The van der Waals surface area contributed by atoms with E-state index in [2.05, 4.69) is 10.3 Å². The van der Waals surface area contributed by atoms with Crippen LogP contribution in [0.1, 0.15) is 22.2 Å². The number of aromatic nitrogens is 2. The maximum Gasteiger partial charge on any atom is 0.348 e. The molecule has 4 aromatic rings. The molecule has 2 aromatic carbocycles. The van der Waals surface area contributed by atoms with Gasteiger partial charge in [-0.1, -0.05) is 42.5 Å². The minimum absolute atomic E-state index is 0.188. The maximum absolute atomic E-state index is 12.9. The summed E-state index contributed by atoms with van der Waals surface area (Å²) in [6.45, 7) is 3.47. The lowest BCUT2D eigenvalue weighted by molar-refractivity contribution is -0.116. The zero-order valence-corrected chi connectivity index (χ0v) is 18.4. The van der Waals surface area contributed by atoms with Crippen molar-refractivity contribution in [2.45, 2.75) is 20.4 Å². The molecule has 0 unspecified atom stereocenters. The van der Waals surface area contributed by atoms with Crippen LogP contribution in [0, 0.1) is 6.92 Å². The van der Waals surface area contributed by atoms with Gasteiger partial charge < -0.3 is 10.1 Å². The van der Waals surface area contributed by atoms with Crippen LogP contribution in [0.25, 0.3) is 21.3 Å². The van der Waals surface area contributed by atoms with Crippen LogP contribution in [-0.2, 0) is 16.1 Å². The predicted octanol–water partition coefficient (Wildman–Crippen LogP) is 4.25. The Labute approximate surface area is 188 Å². The highest BCUT2D eigenvalue weighted by Crippen LogP contribution is 2.27. The van der Waals surface area contributed by atoms with Gasteiger partial charge in [0.05, 0.1) is 18.3 Å². The molecule has 32 heavy (non-hydrogen) atoms. The second-order valence-corrected chi connectivity index (χ2v) is 8.13. The number of anilines is 1. The maximum atomic E-state index is 12.9. The van der Waals surface area contributed by atoms with Gasteiger partial charge in [-0.3, -0.25) is 14.2 Å². The molecule has 0 aliphatic heterocycles.